The topological polar surface area (TPSA) is 140 Å². The summed E-state index contributed by atoms with van der Waals surface area (Å²) in [4.78, 5) is 13.3. The highest BCUT2D eigenvalue weighted by Crippen LogP contribution is 2.32. The minimum absolute atomic E-state index is 0.0195. The molecule has 0 saturated heterocycles. The van der Waals surface area contributed by atoms with Crippen LogP contribution in [0.1, 0.15) is 53.7 Å². The fraction of sp³-hybridized carbons (Fsp3) is 0.370. The van der Waals surface area contributed by atoms with Crippen molar-refractivity contribution < 1.29 is 35.0 Å². The smallest absolute Gasteiger partial charge is 0.382 e. The number of amides is 1. The van der Waals surface area contributed by atoms with Crippen LogP contribution in [0.2, 0.25) is 0 Å². The van der Waals surface area contributed by atoms with Crippen molar-refractivity contribution in [3.8, 4) is 28.8 Å². The van der Waals surface area contributed by atoms with Crippen molar-refractivity contribution in [2.24, 2.45) is 5.73 Å². The van der Waals surface area contributed by atoms with Crippen LogP contribution in [0.15, 0.2) is 42.5 Å². The number of aromatic nitrogens is 2. The number of nitriles is 1. The molecule has 1 aliphatic rings. The van der Waals surface area contributed by atoms with Crippen LogP contribution in [0.4, 0.5) is 17.6 Å². The molecule has 14 heteroatoms. The van der Waals surface area contributed by atoms with Gasteiger partial charge in [0.1, 0.15) is 11.6 Å². The van der Waals surface area contributed by atoms with E-state index in [-0.39, 0.29) is 34.8 Å². The summed E-state index contributed by atoms with van der Waals surface area (Å²) in [6.07, 6.45) is -2.86. The molecule has 1 heterocycles. The third-order valence-electron chi connectivity index (χ3n) is 6.72. The van der Waals surface area contributed by atoms with E-state index in [1.54, 1.807) is 6.92 Å². The summed E-state index contributed by atoms with van der Waals surface area (Å²) in [5.41, 5.74) is 7.55. The van der Waals surface area contributed by atoms with Gasteiger partial charge in [0.05, 0.1) is 35.2 Å². The molecule has 2 atom stereocenters. The van der Waals surface area contributed by atoms with E-state index in [0.29, 0.717) is 23.2 Å². The standard InChI is InChI=1S/C27H27F4N5O4S/c1-16-24(26(37)34-23-5-3-2-4-22(23)33)35-36(20-13-17(15-32)12-19(28)14-20)25(16)18-6-8-21(9-7-18)40-41(38,39)11-10-27(29,30)31/h6-9,12-14,22-23H,2-5,10-11,33H2,1H3,(H,34,37). The first-order valence-corrected chi connectivity index (χ1v) is 14.3. The summed E-state index contributed by atoms with van der Waals surface area (Å²) in [6.45, 7) is 1.63. The van der Waals surface area contributed by atoms with Crippen molar-refractivity contribution >= 4 is 16.0 Å². The molecule has 0 aliphatic heterocycles. The van der Waals surface area contributed by atoms with Gasteiger partial charge in [0.2, 0.25) is 0 Å². The maximum absolute atomic E-state index is 14.4. The Kier molecular flexibility index (Phi) is 8.69. The van der Waals surface area contributed by atoms with Crippen LogP contribution >= 0.6 is 0 Å². The second-order valence-corrected chi connectivity index (χ2v) is 11.5. The van der Waals surface area contributed by atoms with E-state index in [1.165, 1.54) is 35.0 Å². The Morgan fingerprint density at radius 3 is 2.51 bits per heavy atom. The first kappa shape index (κ1) is 30.0. The largest absolute Gasteiger partial charge is 0.390 e. The van der Waals surface area contributed by atoms with Crippen LogP contribution in [0.25, 0.3) is 16.9 Å². The summed E-state index contributed by atoms with van der Waals surface area (Å²) in [5.74, 6) is -2.65. The van der Waals surface area contributed by atoms with Crippen LogP contribution in [0.3, 0.4) is 0 Å². The lowest BCUT2D eigenvalue weighted by molar-refractivity contribution is -0.130. The van der Waals surface area contributed by atoms with Crippen LogP contribution in [-0.4, -0.2) is 48.1 Å². The molecule has 1 aliphatic carbocycles. The van der Waals surface area contributed by atoms with Gasteiger partial charge < -0.3 is 15.2 Å². The van der Waals surface area contributed by atoms with E-state index in [9.17, 15) is 36.0 Å². The van der Waals surface area contributed by atoms with Crippen molar-refractivity contribution in [2.75, 3.05) is 5.75 Å². The Balaban J connectivity index is 1.71. The number of hydrogen-bond donors (Lipinski definition) is 2. The summed E-state index contributed by atoms with van der Waals surface area (Å²) < 4.78 is 81.8. The number of benzene rings is 2. The predicted molar refractivity (Wildman–Crippen MR) is 141 cm³/mol. The number of hydrogen-bond acceptors (Lipinski definition) is 7. The molecule has 1 saturated carbocycles. The summed E-state index contributed by atoms with van der Waals surface area (Å²) in [6, 6.07) is 10.3. The number of halogens is 4. The van der Waals surface area contributed by atoms with Crippen molar-refractivity contribution in [3.63, 3.8) is 0 Å². The van der Waals surface area contributed by atoms with Gasteiger partial charge in [0.15, 0.2) is 5.69 Å². The predicted octanol–water partition coefficient (Wildman–Crippen LogP) is 4.52. The van der Waals surface area contributed by atoms with Gasteiger partial charge in [-0.15, -0.1) is 0 Å². The normalized spacial score (nSPS) is 17.6. The van der Waals surface area contributed by atoms with E-state index in [4.69, 9.17) is 9.92 Å². The van der Waals surface area contributed by atoms with Gasteiger partial charge in [-0.05, 0) is 62.2 Å². The zero-order chi connectivity index (χ0) is 29.9. The van der Waals surface area contributed by atoms with Crippen LogP contribution < -0.4 is 15.2 Å². The Bertz CT molecular complexity index is 1580. The van der Waals surface area contributed by atoms with Gasteiger partial charge in [-0.3, -0.25) is 4.79 Å². The first-order valence-electron chi connectivity index (χ1n) is 12.7. The minimum atomic E-state index is -4.66. The number of carbonyl (C=O) groups excluding carboxylic acids is 1. The van der Waals surface area contributed by atoms with Crippen LogP contribution in [0, 0.1) is 24.1 Å². The Morgan fingerprint density at radius 2 is 1.88 bits per heavy atom. The first-order chi connectivity index (χ1) is 19.3. The number of nitrogens with two attached hydrogens (primary N) is 1. The number of carbonyl (C=O) groups is 1. The van der Waals surface area contributed by atoms with Crippen molar-refractivity contribution in [3.05, 3.63) is 65.1 Å². The number of nitrogens with zero attached hydrogens (tertiary/aromatic N) is 3. The van der Waals surface area contributed by atoms with Gasteiger partial charge in [0.25, 0.3) is 5.91 Å². The van der Waals surface area contributed by atoms with Gasteiger partial charge in [-0.2, -0.15) is 31.9 Å². The molecule has 2 aromatic carbocycles. The summed E-state index contributed by atoms with van der Waals surface area (Å²) >= 11 is 0. The maximum Gasteiger partial charge on any atom is 0.390 e. The van der Waals surface area contributed by atoms with Gasteiger partial charge in [-0.25, -0.2) is 9.07 Å². The molecule has 1 fully saturated rings. The molecule has 0 spiro atoms. The van der Waals surface area contributed by atoms with Crippen molar-refractivity contribution in [2.45, 2.75) is 57.3 Å². The Hall–Kier alpha value is -3.96. The molecular formula is C27H27F4N5O4S. The van der Waals surface area contributed by atoms with E-state index in [0.717, 1.165) is 31.4 Å². The summed E-state index contributed by atoms with van der Waals surface area (Å²) in [7, 11) is -4.52. The highest BCUT2D eigenvalue weighted by Gasteiger charge is 2.31. The number of rotatable bonds is 8. The van der Waals surface area contributed by atoms with E-state index >= 15 is 0 Å². The molecule has 0 radical (unpaired) electrons. The highest BCUT2D eigenvalue weighted by molar-refractivity contribution is 7.87. The molecule has 1 amide bonds. The molecule has 0 bridgehead atoms. The average Bonchev–Trinajstić information content (AvgIpc) is 3.25. The Morgan fingerprint density at radius 1 is 1.20 bits per heavy atom. The van der Waals surface area contributed by atoms with E-state index < -0.39 is 40.2 Å². The monoisotopic (exact) mass is 593 g/mol. The molecule has 3 N–H and O–H groups in total. The van der Waals surface area contributed by atoms with Gasteiger partial charge in [0, 0.05) is 23.2 Å². The lowest BCUT2D eigenvalue weighted by Crippen LogP contribution is -2.49. The quantitative estimate of drug-likeness (QED) is 0.289. The molecule has 9 nitrogen and oxygen atoms in total. The minimum Gasteiger partial charge on any atom is -0.382 e. The second kappa shape index (κ2) is 11.9. The van der Waals surface area contributed by atoms with Crippen molar-refractivity contribution in [1.29, 1.82) is 5.26 Å². The second-order valence-electron chi connectivity index (χ2n) is 9.81. The molecule has 1 aromatic heterocycles. The van der Waals surface area contributed by atoms with Gasteiger partial charge in [-0.1, -0.05) is 12.8 Å². The zero-order valence-corrected chi connectivity index (χ0v) is 22.7. The maximum atomic E-state index is 14.4. The van der Waals surface area contributed by atoms with Gasteiger partial charge >= 0.3 is 16.3 Å². The van der Waals surface area contributed by atoms with Crippen molar-refractivity contribution in [1.82, 2.24) is 15.1 Å². The van der Waals surface area contributed by atoms with E-state index in [1.807, 2.05) is 6.07 Å². The average molecular weight is 594 g/mol. The van der Waals surface area contributed by atoms with E-state index in [2.05, 4.69) is 10.4 Å². The summed E-state index contributed by atoms with van der Waals surface area (Å²) in [5, 5.41) is 16.7. The van der Waals surface area contributed by atoms with Crippen LogP contribution in [-0.2, 0) is 10.1 Å². The third-order valence-corrected chi connectivity index (χ3v) is 7.87. The highest BCUT2D eigenvalue weighted by atomic mass is 32.2. The zero-order valence-electron chi connectivity index (χ0n) is 21.9. The lowest BCUT2D eigenvalue weighted by Gasteiger charge is -2.29. The fourth-order valence-electron chi connectivity index (χ4n) is 4.67. The molecular weight excluding hydrogens is 566 g/mol. The van der Waals surface area contributed by atoms with Crippen LogP contribution in [0.5, 0.6) is 5.75 Å². The number of nitrogens with one attached hydrogen (secondary N) is 1. The molecule has 218 valence electrons. The molecule has 3 aromatic rings. The fourth-order valence-corrected chi connectivity index (χ4v) is 5.64. The molecule has 2 unspecified atom stereocenters. The number of alkyl halides is 3. The molecule has 41 heavy (non-hydrogen) atoms. The molecule has 4 rings (SSSR count). The lowest BCUT2D eigenvalue weighted by atomic mass is 9.91. The Labute approximate surface area is 234 Å². The third kappa shape index (κ3) is 7.42. The SMILES string of the molecule is Cc1c(C(=O)NC2CCCCC2N)nn(-c2cc(F)cc(C#N)c2)c1-c1ccc(OS(=O)(=O)CCC(F)(F)F)cc1.